The molecule has 0 unspecified atom stereocenters. The first-order valence-electron chi connectivity index (χ1n) is 11.7. The molecule has 0 atom stereocenters. The summed E-state index contributed by atoms with van der Waals surface area (Å²) in [5.41, 5.74) is 0.511. The van der Waals surface area contributed by atoms with E-state index in [4.69, 9.17) is 4.42 Å². The molecule has 0 saturated carbocycles. The van der Waals surface area contributed by atoms with Gasteiger partial charge in [0.15, 0.2) is 0 Å². The van der Waals surface area contributed by atoms with Gasteiger partial charge in [-0.2, -0.15) is 26.3 Å². The summed E-state index contributed by atoms with van der Waals surface area (Å²) in [6.45, 7) is -0.257. The zero-order chi connectivity index (χ0) is 29.1. The lowest BCUT2D eigenvalue weighted by atomic mass is 10.1. The van der Waals surface area contributed by atoms with Crippen LogP contribution in [0.2, 0.25) is 0 Å². The van der Waals surface area contributed by atoms with E-state index in [0.29, 0.717) is 5.69 Å². The zero-order valence-electron chi connectivity index (χ0n) is 20.4. The van der Waals surface area contributed by atoms with Crippen molar-refractivity contribution in [1.29, 1.82) is 0 Å². The van der Waals surface area contributed by atoms with E-state index in [1.807, 2.05) is 0 Å². The van der Waals surface area contributed by atoms with Crippen LogP contribution in [0, 0.1) is 5.82 Å². The standard InChI is InChI=1S/C24H21F6N5O4S/c25-18-12-14(20-32-33-21(39-20)19(26)27)6-7-15(18)13-35(17-4-2-1-3-5-17)23(37)31-16-8-10-40(38,11-9-16)34-22(36)24(28,29)30/h1-7,12,16,19H,8-11,13H2,(H,31,37). The molecule has 0 bridgehead atoms. The maximum atomic E-state index is 15.0. The second-order valence-corrected chi connectivity index (χ2v) is 11.3. The molecule has 1 aliphatic heterocycles. The number of aromatic nitrogens is 2. The summed E-state index contributed by atoms with van der Waals surface area (Å²) in [6, 6.07) is 10.7. The Hall–Kier alpha value is -3.95. The third-order valence-electron chi connectivity index (χ3n) is 5.96. The smallest absolute Gasteiger partial charge is 0.415 e. The zero-order valence-corrected chi connectivity index (χ0v) is 21.2. The first kappa shape index (κ1) is 29.0. The average molecular weight is 590 g/mol. The molecule has 1 aromatic heterocycles. The largest absolute Gasteiger partial charge is 0.474 e. The van der Waals surface area contributed by atoms with Gasteiger partial charge >= 0.3 is 24.5 Å². The van der Waals surface area contributed by atoms with Crippen molar-refractivity contribution < 1.29 is 44.6 Å². The fourth-order valence-corrected chi connectivity index (χ4v) is 5.99. The van der Waals surface area contributed by atoms with E-state index in [2.05, 4.69) is 19.9 Å². The molecule has 2 aromatic carbocycles. The number of rotatable bonds is 6. The minimum atomic E-state index is -5.22. The number of carbonyl (C=O) groups excluding carboxylic acids is 2. The average Bonchev–Trinajstić information content (AvgIpc) is 3.40. The molecule has 1 saturated heterocycles. The van der Waals surface area contributed by atoms with Gasteiger partial charge in [0, 0.05) is 34.4 Å². The summed E-state index contributed by atoms with van der Waals surface area (Å²) in [4.78, 5) is 25.6. The van der Waals surface area contributed by atoms with E-state index < -0.39 is 52.0 Å². The highest BCUT2D eigenvalue weighted by Gasteiger charge is 2.40. The number of benzene rings is 2. The van der Waals surface area contributed by atoms with Crippen LogP contribution in [-0.2, 0) is 21.1 Å². The van der Waals surface area contributed by atoms with Gasteiger partial charge in [-0.15, -0.1) is 10.2 Å². The Morgan fingerprint density at radius 1 is 1.10 bits per heavy atom. The minimum Gasteiger partial charge on any atom is -0.415 e. The van der Waals surface area contributed by atoms with Gasteiger partial charge in [0.2, 0.25) is 5.89 Å². The number of halogens is 6. The van der Waals surface area contributed by atoms with Crippen LogP contribution in [0.15, 0.2) is 57.3 Å². The molecular formula is C24H21F6N5O4S. The Labute approximate surface area is 223 Å². The van der Waals surface area contributed by atoms with Gasteiger partial charge in [0.05, 0.1) is 16.3 Å². The topological polar surface area (TPSA) is 118 Å². The molecule has 0 spiro atoms. The van der Waals surface area contributed by atoms with Gasteiger partial charge in [0.1, 0.15) is 5.82 Å². The lowest BCUT2D eigenvalue weighted by molar-refractivity contribution is -0.169. The Morgan fingerprint density at radius 2 is 1.77 bits per heavy atom. The van der Waals surface area contributed by atoms with Crippen molar-refractivity contribution in [3.05, 3.63) is 65.8 Å². The number of anilines is 1. The first-order chi connectivity index (χ1) is 18.8. The molecular weight excluding hydrogens is 568 g/mol. The summed E-state index contributed by atoms with van der Waals surface area (Å²) >= 11 is 0. The second kappa shape index (κ2) is 11.7. The number of carbonyl (C=O) groups is 2. The van der Waals surface area contributed by atoms with Crippen LogP contribution >= 0.6 is 0 Å². The van der Waals surface area contributed by atoms with Crippen LogP contribution in [0.1, 0.15) is 30.7 Å². The number of hydrogen-bond acceptors (Lipinski definition) is 6. The van der Waals surface area contributed by atoms with Gasteiger partial charge in [-0.1, -0.05) is 24.3 Å². The molecule has 1 aliphatic rings. The lowest BCUT2D eigenvalue weighted by Gasteiger charge is -2.29. The van der Waals surface area contributed by atoms with E-state index in [1.165, 1.54) is 17.0 Å². The maximum absolute atomic E-state index is 15.0. The molecule has 1 N–H and O–H groups in total. The molecule has 2 heterocycles. The van der Waals surface area contributed by atoms with Gasteiger partial charge in [-0.25, -0.2) is 13.4 Å². The number of alkyl halides is 5. The fourth-order valence-electron chi connectivity index (χ4n) is 3.90. The number of hydrogen-bond donors (Lipinski definition) is 1. The third-order valence-corrected chi connectivity index (χ3v) is 8.20. The Balaban J connectivity index is 1.49. The van der Waals surface area contributed by atoms with Crippen molar-refractivity contribution in [3.63, 3.8) is 0 Å². The Bertz CT molecular complexity index is 1490. The quantitative estimate of drug-likeness (QED) is 0.393. The van der Waals surface area contributed by atoms with E-state index >= 15 is 4.39 Å². The first-order valence-corrected chi connectivity index (χ1v) is 13.6. The molecule has 0 radical (unpaired) electrons. The number of para-hydroxylation sites is 1. The predicted molar refractivity (Wildman–Crippen MR) is 130 cm³/mol. The monoisotopic (exact) mass is 589 g/mol. The Morgan fingerprint density at radius 3 is 2.35 bits per heavy atom. The fraction of sp³-hybridized carbons (Fsp3) is 0.333. The summed E-state index contributed by atoms with van der Waals surface area (Å²) in [5.74, 6) is -5.04. The highest BCUT2D eigenvalue weighted by Crippen LogP contribution is 2.27. The van der Waals surface area contributed by atoms with E-state index in [9.17, 15) is 35.8 Å². The van der Waals surface area contributed by atoms with E-state index in [-0.39, 0.29) is 47.9 Å². The Kier molecular flexibility index (Phi) is 8.46. The van der Waals surface area contributed by atoms with Crippen molar-refractivity contribution in [1.82, 2.24) is 15.5 Å². The normalized spacial score (nSPS) is 19.3. The van der Waals surface area contributed by atoms with Crippen molar-refractivity contribution in [2.45, 2.75) is 38.0 Å². The summed E-state index contributed by atoms with van der Waals surface area (Å²) in [7, 11) is -3.42. The number of urea groups is 1. The lowest BCUT2D eigenvalue weighted by Crippen LogP contribution is -2.47. The van der Waals surface area contributed by atoms with Crippen molar-refractivity contribution in [3.8, 4) is 11.5 Å². The van der Waals surface area contributed by atoms with Crippen molar-refractivity contribution >= 4 is 27.4 Å². The molecule has 0 aliphatic carbocycles. The van der Waals surface area contributed by atoms with Crippen LogP contribution in [0.5, 0.6) is 0 Å². The molecule has 3 amide bonds. The van der Waals surface area contributed by atoms with Crippen LogP contribution in [0.25, 0.3) is 11.5 Å². The highest BCUT2D eigenvalue weighted by atomic mass is 32.2. The third kappa shape index (κ3) is 6.97. The van der Waals surface area contributed by atoms with Crippen molar-refractivity contribution in [2.24, 2.45) is 4.36 Å². The van der Waals surface area contributed by atoms with Crippen molar-refractivity contribution in [2.75, 3.05) is 16.4 Å². The molecule has 9 nitrogen and oxygen atoms in total. The maximum Gasteiger partial charge on any atom is 0.474 e. The minimum absolute atomic E-state index is 0.00961. The SMILES string of the molecule is O=C(NC1CCS(=O)(=NC(=O)C(F)(F)F)CC1)N(Cc1ccc(-c2nnc(C(F)F)o2)cc1F)c1ccccc1. The van der Waals surface area contributed by atoms with Crippen LogP contribution in [0.3, 0.4) is 0 Å². The summed E-state index contributed by atoms with van der Waals surface area (Å²) in [5, 5.41) is 9.40. The van der Waals surface area contributed by atoms with Gasteiger partial charge in [-0.3, -0.25) is 9.69 Å². The number of nitrogens with zero attached hydrogens (tertiary/aromatic N) is 4. The van der Waals surface area contributed by atoms with Gasteiger partial charge in [-0.05, 0) is 37.1 Å². The molecule has 16 heteroatoms. The molecule has 3 aromatic rings. The van der Waals surface area contributed by atoms with Gasteiger partial charge in [0.25, 0.3) is 5.89 Å². The van der Waals surface area contributed by atoms with Crippen LogP contribution < -0.4 is 10.2 Å². The summed E-state index contributed by atoms with van der Waals surface area (Å²) < 4.78 is 98.4. The van der Waals surface area contributed by atoms with Crippen LogP contribution in [-0.4, -0.2) is 50.1 Å². The van der Waals surface area contributed by atoms with Crippen LogP contribution in [0.4, 0.5) is 36.8 Å². The molecule has 1 fully saturated rings. The van der Waals surface area contributed by atoms with E-state index in [1.54, 1.807) is 30.3 Å². The second-order valence-electron chi connectivity index (χ2n) is 8.77. The molecule has 4 rings (SSSR count). The van der Waals surface area contributed by atoms with E-state index in [0.717, 1.165) is 6.07 Å². The molecule has 214 valence electrons. The molecule has 40 heavy (non-hydrogen) atoms. The highest BCUT2D eigenvalue weighted by molar-refractivity contribution is 7.93. The number of amides is 3. The number of nitrogens with one attached hydrogen (secondary N) is 1. The predicted octanol–water partition coefficient (Wildman–Crippen LogP) is 5.25. The van der Waals surface area contributed by atoms with Gasteiger partial charge < -0.3 is 9.73 Å². The summed E-state index contributed by atoms with van der Waals surface area (Å²) in [6.07, 6.45) is -8.19.